The van der Waals surface area contributed by atoms with Crippen molar-refractivity contribution in [1.29, 1.82) is 0 Å². The molecule has 0 saturated carbocycles. The monoisotopic (exact) mass is 443 g/mol. The van der Waals surface area contributed by atoms with Crippen molar-refractivity contribution in [2.45, 2.75) is 25.8 Å². The fourth-order valence-electron chi connectivity index (χ4n) is 3.34. The van der Waals surface area contributed by atoms with Crippen LogP contribution in [0.3, 0.4) is 0 Å². The molecule has 31 heavy (non-hydrogen) atoms. The van der Waals surface area contributed by atoms with Crippen molar-refractivity contribution in [3.05, 3.63) is 70.6 Å². The molecule has 3 heterocycles. The number of carbonyl (C=O) groups is 1. The van der Waals surface area contributed by atoms with Crippen molar-refractivity contribution >= 4 is 28.6 Å². The van der Waals surface area contributed by atoms with Crippen molar-refractivity contribution < 1.29 is 18.7 Å². The SMILES string of the molecule is CCC(C(=O)O)c1cnc(-c2nn(Cc3ccc(F)cc3F)c3ncccc23)nc1Cl. The Hall–Kier alpha value is -3.46. The zero-order chi connectivity index (χ0) is 22.1. The average molecular weight is 444 g/mol. The Labute approximate surface area is 180 Å². The van der Waals surface area contributed by atoms with E-state index in [1.54, 1.807) is 25.3 Å². The van der Waals surface area contributed by atoms with Gasteiger partial charge in [0.25, 0.3) is 0 Å². The van der Waals surface area contributed by atoms with E-state index in [-0.39, 0.29) is 23.1 Å². The lowest BCUT2D eigenvalue weighted by Crippen LogP contribution is -2.12. The van der Waals surface area contributed by atoms with E-state index in [0.717, 1.165) is 6.07 Å². The fourth-order valence-corrected chi connectivity index (χ4v) is 3.60. The average Bonchev–Trinajstić information content (AvgIpc) is 3.10. The van der Waals surface area contributed by atoms with Gasteiger partial charge in [-0.1, -0.05) is 24.6 Å². The lowest BCUT2D eigenvalue weighted by Gasteiger charge is -2.11. The van der Waals surface area contributed by atoms with Crippen LogP contribution in [0.5, 0.6) is 0 Å². The maximum Gasteiger partial charge on any atom is 0.311 e. The third-order valence-electron chi connectivity index (χ3n) is 4.90. The number of carboxylic acids is 1. The Bertz CT molecular complexity index is 1290. The quantitative estimate of drug-likeness (QED) is 0.442. The predicted molar refractivity (Wildman–Crippen MR) is 110 cm³/mol. The van der Waals surface area contributed by atoms with Crippen molar-refractivity contribution in [1.82, 2.24) is 24.7 Å². The summed E-state index contributed by atoms with van der Waals surface area (Å²) in [6.07, 6.45) is 3.29. The van der Waals surface area contributed by atoms with Crippen LogP contribution in [0, 0.1) is 11.6 Å². The molecule has 0 saturated heterocycles. The summed E-state index contributed by atoms with van der Waals surface area (Å²) in [6.45, 7) is 1.75. The summed E-state index contributed by atoms with van der Waals surface area (Å²) < 4.78 is 28.8. The Morgan fingerprint density at radius 1 is 1.26 bits per heavy atom. The first-order chi connectivity index (χ1) is 14.9. The van der Waals surface area contributed by atoms with Gasteiger partial charge in [0.15, 0.2) is 11.5 Å². The van der Waals surface area contributed by atoms with Gasteiger partial charge >= 0.3 is 5.97 Å². The standard InChI is InChI=1S/C21H16ClF2N5O2/c1-2-13(21(30)31)15-9-26-19(27-18(15)22)17-14-4-3-7-25-20(14)29(28-17)10-11-5-6-12(23)8-16(11)24/h3-9,13H,2,10H2,1H3,(H,30,31). The minimum Gasteiger partial charge on any atom is -0.481 e. The number of nitrogens with zero attached hydrogens (tertiary/aromatic N) is 5. The summed E-state index contributed by atoms with van der Waals surface area (Å²) in [7, 11) is 0. The van der Waals surface area contributed by atoms with Gasteiger partial charge < -0.3 is 5.11 Å². The maximum atomic E-state index is 14.1. The van der Waals surface area contributed by atoms with E-state index in [1.807, 2.05) is 0 Å². The Morgan fingerprint density at radius 3 is 2.74 bits per heavy atom. The lowest BCUT2D eigenvalue weighted by atomic mass is 10.00. The number of pyridine rings is 1. The molecule has 7 nitrogen and oxygen atoms in total. The Kier molecular flexibility index (Phi) is 5.60. The van der Waals surface area contributed by atoms with Gasteiger partial charge in [0.1, 0.15) is 22.5 Å². The third kappa shape index (κ3) is 3.96. The molecule has 1 aromatic carbocycles. The van der Waals surface area contributed by atoms with Gasteiger partial charge in [0.2, 0.25) is 0 Å². The van der Waals surface area contributed by atoms with E-state index in [2.05, 4.69) is 20.1 Å². The molecule has 0 bridgehead atoms. The molecule has 1 N–H and O–H groups in total. The van der Waals surface area contributed by atoms with Gasteiger partial charge in [-0.05, 0) is 24.6 Å². The molecule has 1 unspecified atom stereocenters. The van der Waals surface area contributed by atoms with E-state index >= 15 is 0 Å². The van der Waals surface area contributed by atoms with Crippen LogP contribution >= 0.6 is 11.6 Å². The highest BCUT2D eigenvalue weighted by Gasteiger charge is 2.24. The predicted octanol–water partition coefficient (Wildman–Crippen LogP) is 4.45. The second kappa shape index (κ2) is 8.35. The number of hydrogen-bond acceptors (Lipinski definition) is 5. The molecule has 158 valence electrons. The molecule has 0 spiro atoms. The van der Waals surface area contributed by atoms with Gasteiger partial charge in [-0.3, -0.25) is 4.79 Å². The van der Waals surface area contributed by atoms with Crippen LogP contribution in [-0.2, 0) is 11.3 Å². The van der Waals surface area contributed by atoms with E-state index in [1.165, 1.54) is 23.0 Å². The van der Waals surface area contributed by atoms with Crippen LogP contribution in [0.15, 0.2) is 42.7 Å². The Morgan fingerprint density at radius 2 is 2.06 bits per heavy atom. The smallest absolute Gasteiger partial charge is 0.311 e. The summed E-state index contributed by atoms with van der Waals surface area (Å²) in [5, 5.41) is 14.5. The number of halogens is 3. The molecule has 0 aliphatic rings. The summed E-state index contributed by atoms with van der Waals surface area (Å²) in [5.41, 5.74) is 1.38. The highest BCUT2D eigenvalue weighted by Crippen LogP contribution is 2.30. The molecule has 3 aromatic heterocycles. The van der Waals surface area contributed by atoms with E-state index in [9.17, 15) is 18.7 Å². The molecule has 0 fully saturated rings. The van der Waals surface area contributed by atoms with Gasteiger partial charge in [-0.25, -0.2) is 28.4 Å². The maximum absolute atomic E-state index is 14.1. The highest BCUT2D eigenvalue weighted by molar-refractivity contribution is 6.30. The highest BCUT2D eigenvalue weighted by atomic mass is 35.5. The summed E-state index contributed by atoms with van der Waals surface area (Å²) in [5.74, 6) is -3.00. The lowest BCUT2D eigenvalue weighted by molar-refractivity contribution is -0.138. The summed E-state index contributed by atoms with van der Waals surface area (Å²) in [6, 6.07) is 6.80. The van der Waals surface area contributed by atoms with Crippen molar-refractivity contribution in [2.24, 2.45) is 0 Å². The van der Waals surface area contributed by atoms with Crippen molar-refractivity contribution in [2.75, 3.05) is 0 Å². The molecule has 4 aromatic rings. The first kappa shape index (κ1) is 20.8. The number of rotatable bonds is 6. The van der Waals surface area contributed by atoms with Crippen LogP contribution in [0.4, 0.5) is 8.78 Å². The molecule has 0 amide bonds. The van der Waals surface area contributed by atoms with Gasteiger partial charge in [0.05, 0.1) is 17.8 Å². The molecule has 1 atom stereocenters. The van der Waals surface area contributed by atoms with Crippen LogP contribution in [0.2, 0.25) is 5.15 Å². The minimum atomic E-state index is -1.01. The van der Waals surface area contributed by atoms with E-state index in [0.29, 0.717) is 28.7 Å². The van der Waals surface area contributed by atoms with E-state index in [4.69, 9.17) is 11.6 Å². The Balaban J connectivity index is 1.79. The number of benzene rings is 1. The third-order valence-corrected chi connectivity index (χ3v) is 5.21. The first-order valence-corrected chi connectivity index (χ1v) is 9.78. The molecule has 0 aliphatic carbocycles. The second-order valence-electron chi connectivity index (χ2n) is 6.86. The molecule has 0 aliphatic heterocycles. The van der Waals surface area contributed by atoms with Crippen molar-refractivity contribution in [3.63, 3.8) is 0 Å². The van der Waals surface area contributed by atoms with Gasteiger partial charge in [0, 0.05) is 29.6 Å². The normalized spacial score (nSPS) is 12.3. The molecular formula is C21H16ClF2N5O2. The van der Waals surface area contributed by atoms with Gasteiger partial charge in [-0.15, -0.1) is 0 Å². The number of carboxylic acid groups (broad SMARTS) is 1. The van der Waals surface area contributed by atoms with Crippen LogP contribution in [0.25, 0.3) is 22.6 Å². The molecule has 0 radical (unpaired) electrons. The van der Waals surface area contributed by atoms with Crippen LogP contribution in [-0.4, -0.2) is 35.8 Å². The minimum absolute atomic E-state index is 0.0162. The number of hydrogen-bond donors (Lipinski definition) is 1. The second-order valence-corrected chi connectivity index (χ2v) is 7.21. The largest absolute Gasteiger partial charge is 0.481 e. The summed E-state index contributed by atoms with van der Waals surface area (Å²) >= 11 is 6.27. The molecule has 4 rings (SSSR count). The molecule has 10 heteroatoms. The number of fused-ring (bicyclic) bond motifs is 1. The fraction of sp³-hybridized carbons (Fsp3) is 0.190. The van der Waals surface area contributed by atoms with Gasteiger partial charge in [-0.2, -0.15) is 5.10 Å². The van der Waals surface area contributed by atoms with Crippen LogP contribution < -0.4 is 0 Å². The van der Waals surface area contributed by atoms with Crippen molar-refractivity contribution in [3.8, 4) is 11.5 Å². The summed E-state index contributed by atoms with van der Waals surface area (Å²) in [4.78, 5) is 24.3. The first-order valence-electron chi connectivity index (χ1n) is 9.40. The molecular weight excluding hydrogens is 428 g/mol. The van der Waals surface area contributed by atoms with Crippen LogP contribution in [0.1, 0.15) is 30.4 Å². The topological polar surface area (TPSA) is 93.8 Å². The zero-order valence-corrected chi connectivity index (χ0v) is 17.0. The van der Waals surface area contributed by atoms with E-state index < -0.39 is 23.5 Å². The number of aromatic nitrogens is 5. The number of aliphatic carboxylic acids is 1. The zero-order valence-electron chi connectivity index (χ0n) is 16.3.